The quantitative estimate of drug-likeness (QED) is 0.773. The van der Waals surface area contributed by atoms with Crippen molar-refractivity contribution >= 4 is 5.91 Å². The Balaban J connectivity index is 2.39. The Hall–Kier alpha value is -0.570. The summed E-state index contributed by atoms with van der Waals surface area (Å²) in [6, 6.07) is 0.373. The average Bonchev–Trinajstić information content (AvgIpc) is 2.42. The third-order valence-corrected chi connectivity index (χ3v) is 3.84. The number of nitrogens with one attached hydrogen (secondary N) is 2. The fraction of sp³-hybridized carbons (Fsp3) is 0.929. The summed E-state index contributed by atoms with van der Waals surface area (Å²) in [6.07, 6.45) is 2.85. The van der Waals surface area contributed by atoms with Gasteiger partial charge in [0.2, 0.25) is 5.91 Å². The zero-order chi connectivity index (χ0) is 12.8. The number of amides is 1. The van der Waals surface area contributed by atoms with Gasteiger partial charge < -0.3 is 10.6 Å². The first kappa shape index (κ1) is 14.5. The number of hydrogen-bond acceptors (Lipinski definition) is 2. The van der Waals surface area contributed by atoms with Gasteiger partial charge in [0.15, 0.2) is 0 Å². The molecule has 1 rings (SSSR count). The van der Waals surface area contributed by atoms with Crippen LogP contribution in [0.2, 0.25) is 0 Å². The molecule has 0 aromatic rings. The van der Waals surface area contributed by atoms with E-state index in [4.69, 9.17) is 0 Å². The van der Waals surface area contributed by atoms with Crippen LogP contribution in [0.3, 0.4) is 0 Å². The van der Waals surface area contributed by atoms with Crippen LogP contribution >= 0.6 is 0 Å². The van der Waals surface area contributed by atoms with Gasteiger partial charge in [-0.25, -0.2) is 0 Å². The second-order valence-corrected chi connectivity index (χ2v) is 5.95. The molecule has 0 radical (unpaired) electrons. The van der Waals surface area contributed by atoms with Crippen LogP contribution in [0, 0.1) is 17.8 Å². The molecule has 0 saturated carbocycles. The predicted molar refractivity (Wildman–Crippen MR) is 71.8 cm³/mol. The van der Waals surface area contributed by atoms with E-state index >= 15 is 0 Å². The molecule has 0 aromatic carbocycles. The van der Waals surface area contributed by atoms with Crippen LogP contribution in [-0.4, -0.2) is 25.0 Å². The van der Waals surface area contributed by atoms with Crippen LogP contribution in [0.1, 0.15) is 47.0 Å². The largest absolute Gasteiger partial charge is 0.356 e. The van der Waals surface area contributed by atoms with Crippen molar-refractivity contribution in [2.45, 2.75) is 53.0 Å². The summed E-state index contributed by atoms with van der Waals surface area (Å²) in [6.45, 7) is 11.0. The minimum atomic E-state index is 0.200. The Morgan fingerprint density at radius 3 is 2.53 bits per heavy atom. The van der Waals surface area contributed by atoms with Gasteiger partial charge in [-0.3, -0.25) is 4.79 Å². The summed E-state index contributed by atoms with van der Waals surface area (Å²) in [5.74, 6) is 2.29. The normalized spacial score (nSPS) is 22.1. The first-order valence-electron chi connectivity index (χ1n) is 7.00. The van der Waals surface area contributed by atoms with Gasteiger partial charge >= 0.3 is 0 Å². The maximum absolute atomic E-state index is 11.5. The maximum atomic E-state index is 11.5. The number of rotatable bonds is 5. The van der Waals surface area contributed by atoms with Crippen molar-refractivity contribution in [3.63, 3.8) is 0 Å². The lowest BCUT2D eigenvalue weighted by Crippen LogP contribution is -2.38. The molecule has 1 heterocycles. The molecule has 1 saturated heterocycles. The highest BCUT2D eigenvalue weighted by Gasteiger charge is 2.21. The predicted octanol–water partition coefficient (Wildman–Crippen LogP) is 2.17. The van der Waals surface area contributed by atoms with Crippen molar-refractivity contribution in [3.05, 3.63) is 0 Å². The monoisotopic (exact) mass is 240 g/mol. The van der Waals surface area contributed by atoms with E-state index in [-0.39, 0.29) is 5.91 Å². The molecule has 1 aliphatic heterocycles. The summed E-state index contributed by atoms with van der Waals surface area (Å²) in [4.78, 5) is 11.5. The molecule has 1 unspecified atom stereocenters. The SMILES string of the molecule is CC(C)C(CNC1CCCNC(=O)C1)C(C)C. The van der Waals surface area contributed by atoms with E-state index in [2.05, 4.69) is 38.3 Å². The van der Waals surface area contributed by atoms with Crippen LogP contribution in [0.5, 0.6) is 0 Å². The molecule has 1 fully saturated rings. The third-order valence-electron chi connectivity index (χ3n) is 3.84. The highest BCUT2D eigenvalue weighted by Crippen LogP contribution is 2.20. The summed E-state index contributed by atoms with van der Waals surface area (Å²) in [5.41, 5.74) is 0. The number of carbonyl (C=O) groups excluding carboxylic acids is 1. The van der Waals surface area contributed by atoms with Gasteiger partial charge in [0.1, 0.15) is 0 Å². The lowest BCUT2D eigenvalue weighted by molar-refractivity contribution is -0.121. The van der Waals surface area contributed by atoms with Crippen LogP contribution in [0.4, 0.5) is 0 Å². The highest BCUT2D eigenvalue weighted by molar-refractivity contribution is 5.76. The van der Waals surface area contributed by atoms with Crippen LogP contribution in [0.15, 0.2) is 0 Å². The molecule has 17 heavy (non-hydrogen) atoms. The Bertz CT molecular complexity index is 230. The topological polar surface area (TPSA) is 41.1 Å². The van der Waals surface area contributed by atoms with Crippen LogP contribution in [-0.2, 0) is 4.79 Å². The molecule has 0 bridgehead atoms. The van der Waals surface area contributed by atoms with Crippen LogP contribution < -0.4 is 10.6 Å². The summed E-state index contributed by atoms with van der Waals surface area (Å²) < 4.78 is 0. The Kier molecular flexibility index (Phi) is 5.96. The second kappa shape index (κ2) is 7.00. The Morgan fingerprint density at radius 2 is 1.94 bits per heavy atom. The Morgan fingerprint density at radius 1 is 1.29 bits per heavy atom. The molecule has 100 valence electrons. The maximum Gasteiger partial charge on any atom is 0.221 e. The third kappa shape index (κ3) is 5.07. The molecule has 3 heteroatoms. The van der Waals surface area contributed by atoms with Gasteiger partial charge in [-0.2, -0.15) is 0 Å². The lowest BCUT2D eigenvalue weighted by Gasteiger charge is -2.27. The second-order valence-electron chi connectivity index (χ2n) is 5.95. The first-order valence-corrected chi connectivity index (χ1v) is 7.00. The summed E-state index contributed by atoms with van der Waals surface area (Å²) >= 11 is 0. The van der Waals surface area contributed by atoms with E-state index in [0.717, 1.165) is 25.9 Å². The summed E-state index contributed by atoms with van der Waals surface area (Å²) in [5, 5.41) is 6.52. The molecular formula is C14H28N2O. The molecular weight excluding hydrogens is 212 g/mol. The van der Waals surface area contributed by atoms with E-state index in [1.165, 1.54) is 0 Å². The zero-order valence-corrected chi connectivity index (χ0v) is 11.8. The van der Waals surface area contributed by atoms with E-state index in [0.29, 0.717) is 30.2 Å². The average molecular weight is 240 g/mol. The van der Waals surface area contributed by atoms with E-state index in [1.807, 2.05) is 0 Å². The van der Waals surface area contributed by atoms with Gasteiger partial charge in [0.05, 0.1) is 0 Å². The molecule has 0 spiro atoms. The highest BCUT2D eigenvalue weighted by atomic mass is 16.1. The molecule has 1 aliphatic rings. The molecule has 3 nitrogen and oxygen atoms in total. The van der Waals surface area contributed by atoms with Gasteiger partial charge in [-0.15, -0.1) is 0 Å². The molecule has 0 aliphatic carbocycles. The minimum Gasteiger partial charge on any atom is -0.356 e. The molecule has 0 aromatic heterocycles. The van der Waals surface area contributed by atoms with Crippen molar-refractivity contribution in [2.24, 2.45) is 17.8 Å². The van der Waals surface area contributed by atoms with E-state index in [1.54, 1.807) is 0 Å². The van der Waals surface area contributed by atoms with Gasteiger partial charge in [0, 0.05) is 19.0 Å². The smallest absolute Gasteiger partial charge is 0.221 e. The fourth-order valence-electron chi connectivity index (χ4n) is 2.69. The molecule has 1 amide bonds. The van der Waals surface area contributed by atoms with Crippen molar-refractivity contribution in [3.8, 4) is 0 Å². The van der Waals surface area contributed by atoms with Gasteiger partial charge in [-0.05, 0) is 37.1 Å². The summed E-state index contributed by atoms with van der Waals surface area (Å²) in [7, 11) is 0. The fourth-order valence-corrected chi connectivity index (χ4v) is 2.69. The van der Waals surface area contributed by atoms with E-state index < -0.39 is 0 Å². The molecule has 1 atom stereocenters. The molecule has 2 N–H and O–H groups in total. The first-order chi connectivity index (χ1) is 8.00. The van der Waals surface area contributed by atoms with E-state index in [9.17, 15) is 4.79 Å². The number of carbonyl (C=O) groups is 1. The van der Waals surface area contributed by atoms with Gasteiger partial charge in [-0.1, -0.05) is 27.7 Å². The lowest BCUT2D eigenvalue weighted by atomic mass is 9.85. The van der Waals surface area contributed by atoms with Crippen LogP contribution in [0.25, 0.3) is 0 Å². The minimum absolute atomic E-state index is 0.200. The Labute approximate surface area is 106 Å². The standard InChI is InChI=1S/C14H28N2O/c1-10(2)13(11(3)4)9-16-12-6-5-7-15-14(17)8-12/h10-13,16H,5-9H2,1-4H3,(H,15,17). The zero-order valence-electron chi connectivity index (χ0n) is 11.8. The van der Waals surface area contributed by atoms with Crippen molar-refractivity contribution in [1.82, 2.24) is 10.6 Å². The van der Waals surface area contributed by atoms with Crippen molar-refractivity contribution < 1.29 is 4.79 Å². The van der Waals surface area contributed by atoms with Crippen molar-refractivity contribution in [1.29, 1.82) is 0 Å². The van der Waals surface area contributed by atoms with Crippen molar-refractivity contribution in [2.75, 3.05) is 13.1 Å². The number of hydrogen-bond donors (Lipinski definition) is 2. The van der Waals surface area contributed by atoms with Gasteiger partial charge in [0.25, 0.3) is 0 Å².